The molecule has 0 aliphatic carbocycles. The number of hydrogen-bond donors (Lipinski definition) is 2. The van der Waals surface area contributed by atoms with Crippen molar-refractivity contribution >= 4 is 11.6 Å². The van der Waals surface area contributed by atoms with E-state index >= 15 is 0 Å². The van der Waals surface area contributed by atoms with Crippen LogP contribution < -0.4 is 16.2 Å². The number of nitrogen functional groups attached to an aromatic ring is 1. The fourth-order valence-electron chi connectivity index (χ4n) is 2.65. The number of likely N-dealkylation sites (tertiary alicyclic amines) is 1. The van der Waals surface area contributed by atoms with Crippen molar-refractivity contribution in [2.75, 3.05) is 25.4 Å². The standard InChI is InChI=1S/C15H20F3N3O2/c1-2-21-5-3-9(4-6-21)23-13-8-12(19)10(14(20)22)7-11(13)15(16,17)18/h7-9H,2-6,19H2,1H3,(H2,20,22). The van der Waals surface area contributed by atoms with Crippen molar-refractivity contribution in [3.8, 4) is 5.75 Å². The number of rotatable bonds is 4. The van der Waals surface area contributed by atoms with E-state index in [1.807, 2.05) is 6.92 Å². The lowest BCUT2D eigenvalue weighted by atomic mass is 10.0. The maximum Gasteiger partial charge on any atom is 0.419 e. The molecule has 1 aliphatic heterocycles. The van der Waals surface area contributed by atoms with E-state index in [-0.39, 0.29) is 23.1 Å². The fraction of sp³-hybridized carbons (Fsp3) is 0.533. The van der Waals surface area contributed by atoms with Gasteiger partial charge in [0.25, 0.3) is 5.91 Å². The number of ether oxygens (including phenoxy) is 1. The second-order valence-corrected chi connectivity index (χ2v) is 5.55. The van der Waals surface area contributed by atoms with Crippen LogP contribution in [-0.2, 0) is 6.18 Å². The number of carbonyl (C=O) groups excluding carboxylic acids is 1. The minimum Gasteiger partial charge on any atom is -0.490 e. The lowest BCUT2D eigenvalue weighted by Gasteiger charge is -2.32. The van der Waals surface area contributed by atoms with Gasteiger partial charge in [-0.15, -0.1) is 0 Å². The van der Waals surface area contributed by atoms with E-state index in [2.05, 4.69) is 4.90 Å². The monoisotopic (exact) mass is 331 g/mol. The summed E-state index contributed by atoms with van der Waals surface area (Å²) in [7, 11) is 0. The van der Waals surface area contributed by atoms with Crippen LogP contribution in [-0.4, -0.2) is 36.5 Å². The van der Waals surface area contributed by atoms with E-state index in [0.29, 0.717) is 18.9 Å². The molecule has 5 nitrogen and oxygen atoms in total. The molecule has 0 saturated carbocycles. The molecule has 1 aliphatic rings. The number of nitrogens with two attached hydrogens (primary N) is 2. The number of anilines is 1. The van der Waals surface area contributed by atoms with E-state index in [4.69, 9.17) is 16.2 Å². The third kappa shape index (κ3) is 4.07. The van der Waals surface area contributed by atoms with E-state index < -0.39 is 17.6 Å². The van der Waals surface area contributed by atoms with Crippen LogP contribution in [0.3, 0.4) is 0 Å². The first-order valence-corrected chi connectivity index (χ1v) is 7.42. The first kappa shape index (κ1) is 17.4. The highest BCUT2D eigenvalue weighted by atomic mass is 19.4. The van der Waals surface area contributed by atoms with E-state index in [9.17, 15) is 18.0 Å². The smallest absolute Gasteiger partial charge is 0.419 e. The molecular formula is C15H20F3N3O2. The molecule has 0 unspecified atom stereocenters. The Hall–Kier alpha value is -1.96. The minimum atomic E-state index is -4.66. The molecule has 0 spiro atoms. The predicted molar refractivity (Wildman–Crippen MR) is 80.1 cm³/mol. The average molecular weight is 331 g/mol. The van der Waals surface area contributed by atoms with Gasteiger partial charge in [-0.1, -0.05) is 6.92 Å². The van der Waals surface area contributed by atoms with Gasteiger partial charge in [-0.2, -0.15) is 13.2 Å². The van der Waals surface area contributed by atoms with Gasteiger partial charge >= 0.3 is 6.18 Å². The van der Waals surface area contributed by atoms with Crippen molar-refractivity contribution in [2.45, 2.75) is 32.0 Å². The van der Waals surface area contributed by atoms with Gasteiger partial charge in [0.1, 0.15) is 11.9 Å². The number of benzene rings is 1. The molecule has 4 N–H and O–H groups in total. The Morgan fingerprint density at radius 3 is 2.43 bits per heavy atom. The maximum atomic E-state index is 13.2. The van der Waals surface area contributed by atoms with Gasteiger partial charge < -0.3 is 21.1 Å². The van der Waals surface area contributed by atoms with Gasteiger partial charge in [-0.25, -0.2) is 0 Å². The molecule has 1 amide bonds. The summed E-state index contributed by atoms with van der Waals surface area (Å²) in [6.07, 6.45) is -3.68. The summed E-state index contributed by atoms with van der Waals surface area (Å²) >= 11 is 0. The summed E-state index contributed by atoms with van der Waals surface area (Å²) in [5.74, 6) is -1.36. The topological polar surface area (TPSA) is 81.6 Å². The number of carbonyl (C=O) groups is 1. The summed E-state index contributed by atoms with van der Waals surface area (Å²) < 4.78 is 45.2. The lowest BCUT2D eigenvalue weighted by molar-refractivity contribution is -0.139. The molecule has 1 aromatic carbocycles. The van der Waals surface area contributed by atoms with Crippen LogP contribution in [0, 0.1) is 0 Å². The Morgan fingerprint density at radius 2 is 1.96 bits per heavy atom. The quantitative estimate of drug-likeness (QED) is 0.829. The Bertz CT molecular complexity index is 582. The molecule has 0 aromatic heterocycles. The summed E-state index contributed by atoms with van der Waals surface area (Å²) in [6.45, 7) is 4.49. The highest BCUT2D eigenvalue weighted by molar-refractivity contribution is 5.98. The zero-order valence-corrected chi connectivity index (χ0v) is 12.8. The number of alkyl halides is 3. The van der Waals surface area contributed by atoms with Gasteiger partial charge in [0.05, 0.1) is 11.1 Å². The number of piperidine rings is 1. The molecule has 0 radical (unpaired) electrons. The summed E-state index contributed by atoms with van der Waals surface area (Å²) in [5.41, 5.74) is 9.18. The Morgan fingerprint density at radius 1 is 1.35 bits per heavy atom. The number of amides is 1. The van der Waals surface area contributed by atoms with Gasteiger partial charge in [-0.3, -0.25) is 4.79 Å². The predicted octanol–water partition coefficient (Wildman–Crippen LogP) is 2.25. The third-order valence-electron chi connectivity index (χ3n) is 4.00. The van der Waals surface area contributed by atoms with Gasteiger partial charge in [-0.05, 0) is 25.5 Å². The van der Waals surface area contributed by atoms with Crippen LogP contribution in [0.15, 0.2) is 12.1 Å². The highest BCUT2D eigenvalue weighted by Gasteiger charge is 2.36. The first-order chi connectivity index (χ1) is 10.7. The second-order valence-electron chi connectivity index (χ2n) is 5.55. The van der Waals surface area contributed by atoms with Crippen molar-refractivity contribution in [3.63, 3.8) is 0 Å². The Balaban J connectivity index is 2.27. The Labute approximate surface area is 132 Å². The number of hydrogen-bond acceptors (Lipinski definition) is 4. The van der Waals surface area contributed by atoms with Crippen LogP contribution in [0.1, 0.15) is 35.7 Å². The van der Waals surface area contributed by atoms with Crippen LogP contribution in [0.4, 0.5) is 18.9 Å². The summed E-state index contributed by atoms with van der Waals surface area (Å²) in [5, 5.41) is 0. The minimum absolute atomic E-state index is 0.119. The first-order valence-electron chi connectivity index (χ1n) is 7.42. The van der Waals surface area contributed by atoms with Crippen molar-refractivity contribution in [3.05, 3.63) is 23.3 Å². The molecule has 0 bridgehead atoms. The largest absolute Gasteiger partial charge is 0.490 e. The second kappa shape index (κ2) is 6.66. The Kier molecular flexibility index (Phi) is 5.03. The van der Waals surface area contributed by atoms with Gasteiger partial charge in [0.2, 0.25) is 0 Å². The number of halogens is 3. The zero-order chi connectivity index (χ0) is 17.2. The molecule has 8 heteroatoms. The number of nitrogens with zero attached hydrogens (tertiary/aromatic N) is 1. The molecule has 1 aromatic rings. The van der Waals surface area contributed by atoms with Crippen molar-refractivity contribution in [1.29, 1.82) is 0 Å². The third-order valence-corrected chi connectivity index (χ3v) is 4.00. The normalized spacial score (nSPS) is 17.2. The summed E-state index contributed by atoms with van der Waals surface area (Å²) in [6, 6.07) is 1.70. The maximum absolute atomic E-state index is 13.2. The highest BCUT2D eigenvalue weighted by Crippen LogP contribution is 2.39. The van der Waals surface area contributed by atoms with E-state index in [0.717, 1.165) is 25.7 Å². The lowest BCUT2D eigenvalue weighted by Crippen LogP contribution is -2.38. The van der Waals surface area contributed by atoms with Gasteiger partial charge in [0, 0.05) is 24.8 Å². The van der Waals surface area contributed by atoms with Crippen LogP contribution in [0.25, 0.3) is 0 Å². The summed E-state index contributed by atoms with van der Waals surface area (Å²) in [4.78, 5) is 13.4. The molecule has 23 heavy (non-hydrogen) atoms. The van der Waals surface area contributed by atoms with Crippen molar-refractivity contribution < 1.29 is 22.7 Å². The molecule has 2 rings (SSSR count). The molecule has 128 valence electrons. The number of primary amides is 1. The molecular weight excluding hydrogens is 311 g/mol. The van der Waals surface area contributed by atoms with Crippen molar-refractivity contribution in [2.24, 2.45) is 5.73 Å². The van der Waals surface area contributed by atoms with Crippen LogP contribution >= 0.6 is 0 Å². The van der Waals surface area contributed by atoms with E-state index in [1.165, 1.54) is 0 Å². The zero-order valence-electron chi connectivity index (χ0n) is 12.8. The molecule has 1 heterocycles. The van der Waals surface area contributed by atoms with Crippen molar-refractivity contribution in [1.82, 2.24) is 4.90 Å². The van der Waals surface area contributed by atoms with Crippen LogP contribution in [0.5, 0.6) is 5.75 Å². The average Bonchev–Trinajstić information content (AvgIpc) is 2.46. The van der Waals surface area contributed by atoms with Crippen LogP contribution in [0.2, 0.25) is 0 Å². The molecule has 0 atom stereocenters. The molecule has 1 fully saturated rings. The van der Waals surface area contributed by atoms with Gasteiger partial charge in [0.15, 0.2) is 0 Å². The fourth-order valence-corrected chi connectivity index (χ4v) is 2.65. The molecule has 1 saturated heterocycles. The SMILES string of the molecule is CCN1CCC(Oc2cc(N)c(C(N)=O)cc2C(F)(F)F)CC1. The van der Waals surface area contributed by atoms with E-state index in [1.54, 1.807) is 0 Å².